The van der Waals surface area contributed by atoms with Gasteiger partial charge in [-0.15, -0.1) is 11.3 Å². The minimum atomic E-state index is -1.16. The lowest BCUT2D eigenvalue weighted by Crippen LogP contribution is -2.43. The lowest BCUT2D eigenvalue weighted by molar-refractivity contribution is -0.138. The molecule has 6 nitrogen and oxygen atoms in total. The first kappa shape index (κ1) is 18.1. The van der Waals surface area contributed by atoms with Crippen LogP contribution in [0.4, 0.5) is 4.79 Å². The van der Waals surface area contributed by atoms with E-state index in [1.54, 1.807) is 25.3 Å². The predicted octanol–water partition coefficient (Wildman–Crippen LogP) is 2.48. The molecule has 0 radical (unpaired) electrons. The monoisotopic (exact) mass is 371 g/mol. The van der Waals surface area contributed by atoms with Crippen molar-refractivity contribution in [3.8, 4) is 0 Å². The molecule has 1 N–H and O–H groups in total. The summed E-state index contributed by atoms with van der Waals surface area (Å²) in [6.07, 6.45) is 0. The van der Waals surface area contributed by atoms with Gasteiger partial charge in [-0.2, -0.15) is 0 Å². The van der Waals surface area contributed by atoms with E-state index in [1.807, 2.05) is 48.7 Å². The molecule has 7 heteroatoms. The third kappa shape index (κ3) is 3.35. The van der Waals surface area contributed by atoms with Crippen LogP contribution in [0.5, 0.6) is 0 Å². The van der Waals surface area contributed by atoms with Gasteiger partial charge >= 0.3 is 6.03 Å². The van der Waals surface area contributed by atoms with Crippen LogP contribution in [0.15, 0.2) is 41.8 Å². The minimum absolute atomic E-state index is 0.270. The van der Waals surface area contributed by atoms with Gasteiger partial charge in [0.2, 0.25) is 5.91 Å². The van der Waals surface area contributed by atoms with E-state index in [-0.39, 0.29) is 12.5 Å². The molecule has 0 saturated carbocycles. The molecule has 3 rings (SSSR count). The van der Waals surface area contributed by atoms with Crippen LogP contribution in [-0.4, -0.2) is 41.2 Å². The second-order valence-electron chi connectivity index (χ2n) is 6.64. The summed E-state index contributed by atoms with van der Waals surface area (Å²) < 4.78 is 0. The Bertz CT molecular complexity index is 832. The van der Waals surface area contributed by atoms with Crippen LogP contribution in [0.2, 0.25) is 0 Å². The molecule has 136 valence electrons. The fourth-order valence-corrected chi connectivity index (χ4v) is 3.66. The van der Waals surface area contributed by atoms with Crippen LogP contribution in [0, 0.1) is 6.92 Å². The molecule has 2 heterocycles. The quantitative estimate of drug-likeness (QED) is 0.821. The number of likely N-dealkylation sites (N-methyl/N-ethyl adjacent to an activating group) is 1. The number of nitrogens with zero attached hydrogens (tertiary/aromatic N) is 2. The van der Waals surface area contributed by atoms with E-state index in [0.717, 1.165) is 15.3 Å². The number of carbonyl (C=O) groups is 3. The first-order valence-corrected chi connectivity index (χ1v) is 9.17. The Hall–Kier alpha value is -2.67. The van der Waals surface area contributed by atoms with E-state index in [1.165, 1.54) is 4.90 Å². The fourth-order valence-electron chi connectivity index (χ4n) is 2.90. The smallest absolute Gasteiger partial charge is 0.325 e. The molecule has 0 spiro atoms. The summed E-state index contributed by atoms with van der Waals surface area (Å²) in [5.74, 6) is -0.695. The third-order valence-electron chi connectivity index (χ3n) is 4.60. The Morgan fingerprint density at radius 2 is 1.92 bits per heavy atom. The maximum absolute atomic E-state index is 12.9. The molecule has 1 aliphatic heterocycles. The van der Waals surface area contributed by atoms with E-state index in [0.29, 0.717) is 12.1 Å². The standard InChI is InChI=1S/C19H21N3O3S/c1-13-6-8-14(9-7-13)19(2)17(24)22(18(25)20-19)12-16(23)21(3)11-15-5-4-10-26-15/h4-10H,11-12H2,1-3H3,(H,20,25). The Balaban J connectivity index is 1.72. The van der Waals surface area contributed by atoms with E-state index in [2.05, 4.69) is 5.32 Å². The van der Waals surface area contributed by atoms with Crippen molar-refractivity contribution in [2.45, 2.75) is 25.9 Å². The number of imide groups is 1. The SMILES string of the molecule is Cc1ccc(C2(C)NC(=O)N(CC(=O)N(C)Cc3cccs3)C2=O)cc1. The van der Waals surface area contributed by atoms with Crippen molar-refractivity contribution in [2.75, 3.05) is 13.6 Å². The summed E-state index contributed by atoms with van der Waals surface area (Å²) in [4.78, 5) is 41.2. The van der Waals surface area contributed by atoms with Gasteiger partial charge in [0.05, 0.1) is 6.54 Å². The molecule has 1 aromatic heterocycles. The van der Waals surface area contributed by atoms with E-state index >= 15 is 0 Å². The number of urea groups is 1. The number of hydrogen-bond acceptors (Lipinski definition) is 4. The number of rotatable bonds is 5. The molecule has 4 amide bonds. The second-order valence-corrected chi connectivity index (χ2v) is 7.67. The zero-order valence-electron chi connectivity index (χ0n) is 15.0. The average Bonchev–Trinajstić information content (AvgIpc) is 3.18. The number of nitrogens with one attached hydrogen (secondary N) is 1. The lowest BCUT2D eigenvalue weighted by Gasteiger charge is -2.23. The van der Waals surface area contributed by atoms with Crippen molar-refractivity contribution >= 4 is 29.2 Å². The number of aryl methyl sites for hydroxylation is 1. The minimum Gasteiger partial charge on any atom is -0.339 e. The Labute approximate surface area is 156 Å². The third-order valence-corrected chi connectivity index (χ3v) is 5.46. The topological polar surface area (TPSA) is 69.7 Å². The largest absolute Gasteiger partial charge is 0.339 e. The summed E-state index contributed by atoms with van der Waals surface area (Å²) in [6, 6.07) is 10.7. The number of amides is 4. The van der Waals surface area contributed by atoms with Gasteiger partial charge < -0.3 is 10.2 Å². The molecular weight excluding hydrogens is 350 g/mol. The molecule has 1 aromatic carbocycles. The molecule has 2 aromatic rings. The van der Waals surface area contributed by atoms with Crippen LogP contribution in [-0.2, 0) is 21.7 Å². The number of thiophene rings is 1. The molecule has 1 unspecified atom stereocenters. The van der Waals surface area contributed by atoms with Gasteiger partial charge in [0.1, 0.15) is 12.1 Å². The van der Waals surface area contributed by atoms with Gasteiger partial charge in [-0.25, -0.2) is 4.79 Å². The second kappa shape index (κ2) is 6.92. The predicted molar refractivity (Wildman–Crippen MR) is 99.6 cm³/mol. The summed E-state index contributed by atoms with van der Waals surface area (Å²) >= 11 is 1.56. The summed E-state index contributed by atoms with van der Waals surface area (Å²) in [5.41, 5.74) is 0.608. The van der Waals surface area contributed by atoms with Gasteiger partial charge in [0, 0.05) is 11.9 Å². The summed E-state index contributed by atoms with van der Waals surface area (Å²) in [5, 5.41) is 4.67. The maximum atomic E-state index is 12.9. The van der Waals surface area contributed by atoms with Crippen molar-refractivity contribution in [2.24, 2.45) is 0 Å². The van der Waals surface area contributed by atoms with E-state index in [9.17, 15) is 14.4 Å². The number of benzene rings is 1. The zero-order valence-corrected chi connectivity index (χ0v) is 15.8. The van der Waals surface area contributed by atoms with Gasteiger partial charge in [0.25, 0.3) is 5.91 Å². The van der Waals surface area contributed by atoms with Gasteiger partial charge in [-0.05, 0) is 30.9 Å². The first-order chi connectivity index (χ1) is 12.3. The number of hydrogen-bond donors (Lipinski definition) is 1. The number of carbonyl (C=O) groups excluding carboxylic acids is 3. The molecule has 1 fully saturated rings. The molecule has 0 aliphatic carbocycles. The van der Waals surface area contributed by atoms with E-state index < -0.39 is 17.5 Å². The summed E-state index contributed by atoms with van der Waals surface area (Å²) in [7, 11) is 1.67. The molecular formula is C19H21N3O3S. The summed E-state index contributed by atoms with van der Waals surface area (Å²) in [6.45, 7) is 3.80. The van der Waals surface area contributed by atoms with Crippen LogP contribution in [0.3, 0.4) is 0 Å². The highest BCUT2D eigenvalue weighted by Gasteiger charge is 2.49. The Kier molecular flexibility index (Phi) is 4.82. The normalized spacial score (nSPS) is 19.6. The highest BCUT2D eigenvalue weighted by Crippen LogP contribution is 2.29. The van der Waals surface area contributed by atoms with Crippen molar-refractivity contribution in [3.05, 3.63) is 57.8 Å². The molecule has 1 saturated heterocycles. The van der Waals surface area contributed by atoms with Gasteiger partial charge in [0.15, 0.2) is 0 Å². The Morgan fingerprint density at radius 1 is 1.23 bits per heavy atom. The van der Waals surface area contributed by atoms with Crippen LogP contribution >= 0.6 is 11.3 Å². The molecule has 1 atom stereocenters. The van der Waals surface area contributed by atoms with Crippen molar-refractivity contribution < 1.29 is 14.4 Å². The first-order valence-electron chi connectivity index (χ1n) is 8.29. The average molecular weight is 371 g/mol. The van der Waals surface area contributed by atoms with Gasteiger partial charge in [-0.1, -0.05) is 35.9 Å². The highest BCUT2D eigenvalue weighted by atomic mass is 32.1. The lowest BCUT2D eigenvalue weighted by atomic mass is 9.91. The van der Waals surface area contributed by atoms with Crippen LogP contribution in [0.1, 0.15) is 22.9 Å². The molecule has 1 aliphatic rings. The zero-order chi connectivity index (χ0) is 18.9. The highest BCUT2D eigenvalue weighted by molar-refractivity contribution is 7.09. The fraction of sp³-hybridized carbons (Fsp3) is 0.316. The van der Waals surface area contributed by atoms with Crippen molar-refractivity contribution in [1.82, 2.24) is 15.1 Å². The van der Waals surface area contributed by atoms with Crippen LogP contribution < -0.4 is 5.32 Å². The maximum Gasteiger partial charge on any atom is 0.325 e. The van der Waals surface area contributed by atoms with Crippen LogP contribution in [0.25, 0.3) is 0 Å². The van der Waals surface area contributed by atoms with Crippen molar-refractivity contribution in [1.29, 1.82) is 0 Å². The van der Waals surface area contributed by atoms with Crippen molar-refractivity contribution in [3.63, 3.8) is 0 Å². The van der Waals surface area contributed by atoms with E-state index in [4.69, 9.17) is 0 Å². The Morgan fingerprint density at radius 3 is 2.54 bits per heavy atom. The molecule has 0 bridgehead atoms. The molecule has 26 heavy (non-hydrogen) atoms. The van der Waals surface area contributed by atoms with Gasteiger partial charge in [-0.3, -0.25) is 14.5 Å².